The number of anilines is 2. The van der Waals surface area contributed by atoms with Crippen LogP contribution in [0.4, 0.5) is 16.3 Å². The number of hydrogen-bond donors (Lipinski definition) is 3. The highest BCUT2D eigenvalue weighted by atomic mass is 16.6. The number of aromatic nitrogens is 4. The molecule has 0 aliphatic carbocycles. The lowest BCUT2D eigenvalue weighted by Crippen LogP contribution is -2.21. The van der Waals surface area contributed by atoms with Crippen molar-refractivity contribution in [2.45, 2.75) is 53.2 Å². The number of ether oxygens (including phenoxy) is 1. The Morgan fingerprint density at radius 3 is 2.43 bits per heavy atom. The predicted octanol–water partition coefficient (Wildman–Crippen LogP) is 6.12. The van der Waals surface area contributed by atoms with Crippen LogP contribution in [0, 0.1) is 6.92 Å². The Morgan fingerprint density at radius 2 is 1.70 bits per heavy atom. The Balaban J connectivity index is 1.27. The Hall–Kier alpha value is -5.16. The number of carbonyl (C=O) groups is 2. The van der Waals surface area contributed by atoms with E-state index in [0.29, 0.717) is 36.1 Å². The minimum atomic E-state index is -0.379. The van der Waals surface area contributed by atoms with Gasteiger partial charge >= 0.3 is 6.03 Å². The molecule has 0 saturated heterocycles. The highest BCUT2D eigenvalue weighted by molar-refractivity contribution is 6.07. The maximum absolute atomic E-state index is 13.3. The number of hydroxylamine groups is 1. The van der Waals surface area contributed by atoms with Crippen LogP contribution in [0.1, 0.15) is 44.6 Å². The second-order valence-electron chi connectivity index (χ2n) is 11.5. The summed E-state index contributed by atoms with van der Waals surface area (Å²) >= 11 is 0. The fourth-order valence-electron chi connectivity index (χ4n) is 4.57. The first-order chi connectivity index (χ1) is 21.1. The van der Waals surface area contributed by atoms with Gasteiger partial charge in [-0.25, -0.2) is 19.9 Å². The molecule has 2 heterocycles. The van der Waals surface area contributed by atoms with Crippen LogP contribution in [-0.2, 0) is 28.2 Å². The molecule has 3 aromatic carbocycles. The summed E-state index contributed by atoms with van der Waals surface area (Å²) in [6, 6.07) is 21.0. The van der Waals surface area contributed by atoms with E-state index in [4.69, 9.17) is 14.7 Å². The number of fused-ring (bicyclic) bond motifs is 1. The number of amides is 3. The maximum atomic E-state index is 13.3. The van der Waals surface area contributed by atoms with E-state index < -0.39 is 0 Å². The topological polar surface area (TPSA) is 124 Å². The highest BCUT2D eigenvalue weighted by Crippen LogP contribution is 2.32. The molecule has 5 rings (SSSR count). The molecule has 228 valence electrons. The average Bonchev–Trinajstić information content (AvgIpc) is 3.61. The quantitative estimate of drug-likeness (QED) is 0.167. The first-order valence-electron chi connectivity index (χ1n) is 14.4. The van der Waals surface area contributed by atoms with Crippen LogP contribution in [0.15, 0.2) is 79.3 Å². The Morgan fingerprint density at radius 1 is 0.955 bits per heavy atom. The van der Waals surface area contributed by atoms with Crippen LogP contribution in [0.3, 0.4) is 0 Å². The lowest BCUT2D eigenvalue weighted by atomic mass is 9.92. The van der Waals surface area contributed by atoms with Crippen molar-refractivity contribution in [2.24, 2.45) is 0 Å². The summed E-state index contributed by atoms with van der Waals surface area (Å²) in [4.78, 5) is 33.6. The summed E-state index contributed by atoms with van der Waals surface area (Å²) in [6.45, 7) is 10.8. The summed E-state index contributed by atoms with van der Waals surface area (Å²) in [7, 11) is 0. The van der Waals surface area contributed by atoms with Gasteiger partial charge in [-0.2, -0.15) is 5.10 Å². The van der Waals surface area contributed by atoms with Crippen LogP contribution in [0.2, 0.25) is 0 Å². The van der Waals surface area contributed by atoms with Crippen molar-refractivity contribution in [1.82, 2.24) is 24.8 Å². The number of nitrogens with one attached hydrogen (secondary N) is 3. The van der Waals surface area contributed by atoms with E-state index in [1.165, 1.54) is 6.92 Å². The van der Waals surface area contributed by atoms with E-state index in [-0.39, 0.29) is 24.0 Å². The van der Waals surface area contributed by atoms with Crippen LogP contribution in [-0.4, -0.2) is 37.9 Å². The van der Waals surface area contributed by atoms with Crippen LogP contribution >= 0.6 is 0 Å². The summed E-state index contributed by atoms with van der Waals surface area (Å²) in [5.74, 6) is 1.00. The van der Waals surface area contributed by atoms with Gasteiger partial charge in [-0.3, -0.25) is 14.9 Å². The molecule has 0 atom stereocenters. The molecule has 11 heteroatoms. The molecule has 0 unspecified atom stereocenters. The summed E-state index contributed by atoms with van der Waals surface area (Å²) in [5.41, 5.74) is 6.30. The van der Waals surface area contributed by atoms with Crippen molar-refractivity contribution in [3.8, 4) is 11.4 Å². The molecule has 0 aliphatic heterocycles. The molecule has 0 bridgehead atoms. The third-order valence-electron chi connectivity index (χ3n) is 6.86. The first-order valence-corrected chi connectivity index (χ1v) is 14.4. The molecule has 0 radical (unpaired) electrons. The van der Waals surface area contributed by atoms with Gasteiger partial charge in [0.1, 0.15) is 24.8 Å². The number of rotatable bonds is 10. The molecule has 3 amide bonds. The average molecular weight is 596 g/mol. The minimum Gasteiger partial charge on any atom is -0.491 e. The van der Waals surface area contributed by atoms with Crippen molar-refractivity contribution in [1.29, 1.82) is 0 Å². The van der Waals surface area contributed by atoms with Crippen molar-refractivity contribution in [3.05, 3.63) is 96.2 Å². The van der Waals surface area contributed by atoms with Crippen molar-refractivity contribution in [2.75, 3.05) is 17.2 Å². The van der Waals surface area contributed by atoms with Gasteiger partial charge in [-0.1, -0.05) is 62.7 Å². The number of benzene rings is 3. The van der Waals surface area contributed by atoms with Gasteiger partial charge in [0.15, 0.2) is 0 Å². The van der Waals surface area contributed by atoms with Gasteiger partial charge in [-0.05, 0) is 31.2 Å². The van der Waals surface area contributed by atoms with Gasteiger partial charge < -0.3 is 14.6 Å². The monoisotopic (exact) mass is 595 g/mol. The van der Waals surface area contributed by atoms with Gasteiger partial charge in [-0.15, -0.1) is 0 Å². The smallest absolute Gasteiger partial charge is 0.324 e. The lowest BCUT2D eigenvalue weighted by Gasteiger charge is -2.14. The van der Waals surface area contributed by atoms with E-state index in [1.54, 1.807) is 11.0 Å². The molecule has 3 N–H and O–H groups in total. The standard InChI is InChI=1S/C33H37N7O4/c1-22-10-12-25(13-11-22)40-31(18-30(37-40)33(3,4)5)36-32(42)35-28-14-15-29(27-9-7-6-8-26(27)28)43-17-16-39-19-24(34-21-39)20-44-38-23(2)41/h6-15,18-19,21H,16-17,20H2,1-5H3,(H,38,41)(H2,35,36,42). The molecule has 0 aliphatic rings. The summed E-state index contributed by atoms with van der Waals surface area (Å²) in [5, 5.41) is 12.5. The van der Waals surface area contributed by atoms with Crippen LogP contribution < -0.4 is 20.9 Å². The van der Waals surface area contributed by atoms with Gasteiger partial charge in [0.05, 0.1) is 35.6 Å². The Bertz CT molecular complexity index is 1770. The number of hydrogen-bond acceptors (Lipinski definition) is 6. The molecule has 0 fully saturated rings. The van der Waals surface area contributed by atoms with Gasteiger partial charge in [0.25, 0.3) is 0 Å². The number of imidazole rings is 1. The molecular formula is C33H37N7O4. The SMILES string of the molecule is CC(=O)NOCc1cn(CCOc2ccc(NC(=O)Nc3cc(C(C)(C)C)nn3-c3ccc(C)cc3)c3ccccc23)cn1. The normalized spacial score (nSPS) is 11.4. The number of urea groups is 1. The number of carbonyl (C=O) groups excluding carboxylic acids is 2. The lowest BCUT2D eigenvalue weighted by molar-refractivity contribution is -0.132. The molecule has 5 aromatic rings. The molecular weight excluding hydrogens is 558 g/mol. The van der Waals surface area contributed by atoms with Crippen LogP contribution in [0.25, 0.3) is 16.5 Å². The van der Waals surface area contributed by atoms with E-state index in [2.05, 4.69) is 41.9 Å². The van der Waals surface area contributed by atoms with Crippen molar-refractivity contribution >= 4 is 34.2 Å². The molecule has 2 aromatic heterocycles. The largest absolute Gasteiger partial charge is 0.491 e. The van der Waals surface area contributed by atoms with Gasteiger partial charge in [0, 0.05) is 35.4 Å². The van der Waals surface area contributed by atoms with Crippen molar-refractivity contribution in [3.63, 3.8) is 0 Å². The predicted molar refractivity (Wildman–Crippen MR) is 170 cm³/mol. The van der Waals surface area contributed by atoms with Gasteiger partial charge in [0.2, 0.25) is 5.91 Å². The van der Waals surface area contributed by atoms with E-state index >= 15 is 0 Å². The molecule has 44 heavy (non-hydrogen) atoms. The van der Waals surface area contributed by atoms with E-state index in [0.717, 1.165) is 27.7 Å². The summed E-state index contributed by atoms with van der Waals surface area (Å²) in [6.07, 6.45) is 3.53. The zero-order valence-electron chi connectivity index (χ0n) is 25.5. The first kappa shape index (κ1) is 30.3. The fourth-order valence-corrected chi connectivity index (χ4v) is 4.57. The Labute approximate surface area is 256 Å². The van der Waals surface area contributed by atoms with E-state index in [1.807, 2.05) is 84.4 Å². The molecule has 11 nitrogen and oxygen atoms in total. The van der Waals surface area contributed by atoms with E-state index in [9.17, 15) is 9.59 Å². The molecule has 0 spiro atoms. The zero-order chi connectivity index (χ0) is 31.3. The number of aryl methyl sites for hydroxylation is 1. The maximum Gasteiger partial charge on any atom is 0.324 e. The number of nitrogens with zero attached hydrogens (tertiary/aromatic N) is 4. The second kappa shape index (κ2) is 13.0. The highest BCUT2D eigenvalue weighted by Gasteiger charge is 2.22. The van der Waals surface area contributed by atoms with Crippen molar-refractivity contribution < 1.29 is 19.2 Å². The van der Waals surface area contributed by atoms with Crippen LogP contribution in [0.5, 0.6) is 5.75 Å². The Kier molecular flexibility index (Phi) is 8.96. The second-order valence-corrected chi connectivity index (χ2v) is 11.5. The molecule has 0 saturated carbocycles. The summed E-state index contributed by atoms with van der Waals surface area (Å²) < 4.78 is 9.78. The zero-order valence-corrected chi connectivity index (χ0v) is 25.5. The third kappa shape index (κ3) is 7.42. The minimum absolute atomic E-state index is 0.173. The fraction of sp³-hybridized carbons (Fsp3) is 0.273. The third-order valence-corrected chi connectivity index (χ3v) is 6.86.